The Labute approximate surface area is 180 Å². The van der Waals surface area contributed by atoms with Gasteiger partial charge in [-0.3, -0.25) is 9.78 Å². The predicted octanol–water partition coefficient (Wildman–Crippen LogP) is 6.47. The number of carboxylic acids is 1. The lowest BCUT2D eigenvalue weighted by Gasteiger charge is -2.16. The quantitative estimate of drug-likeness (QED) is 0.373. The zero-order chi connectivity index (χ0) is 22.7. The maximum absolute atomic E-state index is 13.7. The number of benzene rings is 3. The van der Waals surface area contributed by atoms with Gasteiger partial charge in [-0.25, -0.2) is 0 Å². The minimum atomic E-state index is -4.69. The van der Waals surface area contributed by atoms with E-state index in [-0.39, 0.29) is 17.9 Å². The van der Waals surface area contributed by atoms with Crippen LogP contribution >= 0.6 is 0 Å². The molecule has 0 radical (unpaired) electrons. The van der Waals surface area contributed by atoms with Gasteiger partial charge < -0.3 is 14.6 Å². The molecule has 4 rings (SSSR count). The van der Waals surface area contributed by atoms with Gasteiger partial charge in [-0.15, -0.1) is 0 Å². The SMILES string of the molecule is O=C(O)Cc1cccc(Oc2ccc(Oc3ccc4ncccc4c3)cc2C(F)(F)F)c1. The van der Waals surface area contributed by atoms with Crippen molar-refractivity contribution in [2.45, 2.75) is 12.6 Å². The molecule has 0 unspecified atom stereocenters. The fourth-order valence-electron chi connectivity index (χ4n) is 3.16. The number of halogens is 3. The smallest absolute Gasteiger partial charge is 0.420 e. The minimum Gasteiger partial charge on any atom is -0.481 e. The molecule has 0 spiro atoms. The van der Waals surface area contributed by atoms with Crippen molar-refractivity contribution in [2.75, 3.05) is 0 Å². The minimum absolute atomic E-state index is 0.00690. The van der Waals surface area contributed by atoms with Crippen molar-refractivity contribution in [3.05, 3.63) is 90.1 Å². The number of fused-ring (bicyclic) bond motifs is 1. The summed E-state index contributed by atoms with van der Waals surface area (Å²) in [4.78, 5) is 15.1. The molecular formula is C24H16F3NO4. The molecule has 1 aromatic heterocycles. The van der Waals surface area contributed by atoms with Crippen LogP contribution in [0.3, 0.4) is 0 Å². The lowest BCUT2D eigenvalue weighted by atomic mass is 10.1. The number of ether oxygens (including phenoxy) is 2. The first-order valence-corrected chi connectivity index (χ1v) is 9.50. The van der Waals surface area contributed by atoms with Crippen molar-refractivity contribution < 1.29 is 32.5 Å². The first-order chi connectivity index (χ1) is 15.3. The standard InChI is InChI=1S/C24H16F3NO4/c25-24(26,27)20-14-19(31-18-6-8-21-16(13-18)4-2-10-28-21)7-9-22(20)32-17-5-1-3-15(11-17)12-23(29)30/h1-11,13-14H,12H2,(H,29,30). The van der Waals surface area contributed by atoms with Crippen LogP contribution in [0.1, 0.15) is 11.1 Å². The molecule has 0 saturated carbocycles. The maximum Gasteiger partial charge on any atom is 0.420 e. The normalized spacial score (nSPS) is 11.3. The van der Waals surface area contributed by atoms with Crippen molar-refractivity contribution in [1.29, 1.82) is 0 Å². The highest BCUT2D eigenvalue weighted by atomic mass is 19.4. The van der Waals surface area contributed by atoms with Crippen molar-refractivity contribution >= 4 is 16.9 Å². The Bertz CT molecular complexity index is 1290. The molecule has 0 bridgehead atoms. The lowest BCUT2D eigenvalue weighted by molar-refractivity contribution is -0.138. The van der Waals surface area contributed by atoms with Gasteiger partial charge in [0.25, 0.3) is 0 Å². The fourth-order valence-corrected chi connectivity index (χ4v) is 3.16. The summed E-state index contributed by atoms with van der Waals surface area (Å²) >= 11 is 0. The number of hydrogen-bond acceptors (Lipinski definition) is 4. The van der Waals surface area contributed by atoms with Crippen molar-refractivity contribution in [1.82, 2.24) is 4.98 Å². The topological polar surface area (TPSA) is 68.7 Å². The van der Waals surface area contributed by atoms with Gasteiger partial charge in [0.1, 0.15) is 28.6 Å². The molecule has 1 N–H and O–H groups in total. The number of nitrogens with zero attached hydrogens (tertiary/aromatic N) is 1. The number of carbonyl (C=O) groups is 1. The van der Waals surface area contributed by atoms with Gasteiger partial charge in [0, 0.05) is 11.6 Å². The Morgan fingerprint density at radius 1 is 0.875 bits per heavy atom. The Kier molecular flexibility index (Phi) is 5.68. The van der Waals surface area contributed by atoms with Gasteiger partial charge in [0.15, 0.2) is 0 Å². The molecule has 0 fully saturated rings. The molecule has 0 saturated heterocycles. The molecule has 5 nitrogen and oxygen atoms in total. The van der Waals surface area contributed by atoms with Crippen LogP contribution in [0, 0.1) is 0 Å². The third-order valence-corrected chi connectivity index (χ3v) is 4.55. The monoisotopic (exact) mass is 439 g/mol. The summed E-state index contributed by atoms with van der Waals surface area (Å²) in [5.41, 5.74) is 0.139. The van der Waals surface area contributed by atoms with E-state index in [4.69, 9.17) is 14.6 Å². The largest absolute Gasteiger partial charge is 0.481 e. The van der Waals surface area contributed by atoms with Gasteiger partial charge in [0.05, 0.1) is 11.9 Å². The van der Waals surface area contributed by atoms with E-state index in [0.29, 0.717) is 11.3 Å². The van der Waals surface area contributed by atoms with Crippen LogP contribution in [0.5, 0.6) is 23.0 Å². The van der Waals surface area contributed by atoms with E-state index in [9.17, 15) is 18.0 Å². The number of alkyl halides is 3. The van der Waals surface area contributed by atoms with Crippen molar-refractivity contribution in [3.63, 3.8) is 0 Å². The second-order valence-electron chi connectivity index (χ2n) is 6.94. The molecule has 0 atom stereocenters. The molecule has 162 valence electrons. The van der Waals surface area contributed by atoms with Crippen LogP contribution < -0.4 is 9.47 Å². The summed E-state index contributed by atoms with van der Waals surface area (Å²) in [7, 11) is 0. The zero-order valence-electron chi connectivity index (χ0n) is 16.5. The van der Waals surface area contributed by atoms with Gasteiger partial charge in [-0.1, -0.05) is 18.2 Å². The number of aromatic nitrogens is 1. The number of pyridine rings is 1. The molecule has 8 heteroatoms. The van der Waals surface area contributed by atoms with Gasteiger partial charge >= 0.3 is 12.1 Å². The molecule has 0 aliphatic carbocycles. The number of aliphatic carboxylic acids is 1. The van der Waals surface area contributed by atoms with E-state index in [1.165, 1.54) is 30.3 Å². The molecule has 32 heavy (non-hydrogen) atoms. The molecule has 4 aromatic rings. The summed E-state index contributed by atoms with van der Waals surface area (Å²) in [5, 5.41) is 9.70. The van der Waals surface area contributed by atoms with E-state index in [1.807, 2.05) is 6.07 Å². The first-order valence-electron chi connectivity index (χ1n) is 9.50. The highest BCUT2D eigenvalue weighted by Gasteiger charge is 2.35. The Morgan fingerprint density at radius 3 is 2.41 bits per heavy atom. The van der Waals surface area contributed by atoms with Crippen molar-refractivity contribution in [2.24, 2.45) is 0 Å². The van der Waals surface area contributed by atoms with Crippen molar-refractivity contribution in [3.8, 4) is 23.0 Å². The Morgan fingerprint density at radius 2 is 1.62 bits per heavy atom. The molecule has 0 amide bonds. The predicted molar refractivity (Wildman–Crippen MR) is 111 cm³/mol. The maximum atomic E-state index is 13.7. The Hall–Kier alpha value is -4.07. The summed E-state index contributed by atoms with van der Waals surface area (Å²) < 4.78 is 52.2. The number of rotatable bonds is 6. The summed E-state index contributed by atoms with van der Waals surface area (Å²) in [6.45, 7) is 0. The van der Waals surface area contributed by atoms with E-state index >= 15 is 0 Å². The van der Waals surface area contributed by atoms with E-state index in [1.54, 1.807) is 36.5 Å². The molecule has 0 aliphatic rings. The zero-order valence-corrected chi connectivity index (χ0v) is 16.5. The van der Waals surface area contributed by atoms with E-state index in [2.05, 4.69) is 4.98 Å². The Balaban J connectivity index is 1.62. The highest BCUT2D eigenvalue weighted by molar-refractivity contribution is 5.79. The van der Waals surface area contributed by atoms with Crippen LogP contribution in [0.2, 0.25) is 0 Å². The molecular weight excluding hydrogens is 423 g/mol. The fraction of sp³-hybridized carbons (Fsp3) is 0.0833. The van der Waals surface area contributed by atoms with Gasteiger partial charge in [0.2, 0.25) is 0 Å². The second-order valence-corrected chi connectivity index (χ2v) is 6.94. The van der Waals surface area contributed by atoms with Gasteiger partial charge in [-0.05, 0) is 60.2 Å². The van der Waals surface area contributed by atoms with Crippen LogP contribution in [-0.2, 0) is 17.4 Å². The summed E-state index contributed by atoms with van der Waals surface area (Å²) in [6.07, 6.45) is -3.31. The van der Waals surface area contributed by atoms with E-state index < -0.39 is 23.5 Å². The van der Waals surface area contributed by atoms with Crippen LogP contribution in [0.15, 0.2) is 79.0 Å². The summed E-state index contributed by atoms with van der Waals surface area (Å²) in [6, 6.07) is 18.0. The molecule has 0 aliphatic heterocycles. The third-order valence-electron chi connectivity index (χ3n) is 4.55. The van der Waals surface area contributed by atoms with Gasteiger partial charge in [-0.2, -0.15) is 13.2 Å². The third kappa shape index (κ3) is 4.97. The first kappa shape index (κ1) is 21.2. The number of hydrogen-bond donors (Lipinski definition) is 1. The highest BCUT2D eigenvalue weighted by Crippen LogP contribution is 2.41. The van der Waals surface area contributed by atoms with Crippen LogP contribution in [-0.4, -0.2) is 16.1 Å². The average Bonchev–Trinajstić information content (AvgIpc) is 2.74. The second kappa shape index (κ2) is 8.58. The van der Waals surface area contributed by atoms with Crippen LogP contribution in [0.25, 0.3) is 10.9 Å². The molecule has 1 heterocycles. The summed E-state index contributed by atoms with van der Waals surface area (Å²) in [5.74, 6) is -1.00. The lowest BCUT2D eigenvalue weighted by Crippen LogP contribution is -2.07. The number of carboxylic acid groups (broad SMARTS) is 1. The van der Waals surface area contributed by atoms with E-state index in [0.717, 1.165) is 17.0 Å². The average molecular weight is 439 g/mol. The molecule has 3 aromatic carbocycles. The van der Waals surface area contributed by atoms with Crippen LogP contribution in [0.4, 0.5) is 13.2 Å².